The summed E-state index contributed by atoms with van der Waals surface area (Å²) in [5.74, 6) is 1.15. The summed E-state index contributed by atoms with van der Waals surface area (Å²) in [5.41, 5.74) is 18.4. The Hall–Kier alpha value is -3.77. The molecular weight excluding hydrogens is 372 g/mol. The van der Waals surface area contributed by atoms with Crippen molar-refractivity contribution >= 4 is 22.6 Å². The van der Waals surface area contributed by atoms with Gasteiger partial charge in [-0.15, -0.1) is 0 Å². The van der Waals surface area contributed by atoms with Gasteiger partial charge in [-0.1, -0.05) is 30.4 Å². The molecule has 5 rings (SSSR count). The molecule has 0 atom stereocenters. The van der Waals surface area contributed by atoms with Crippen LogP contribution in [0.2, 0.25) is 0 Å². The van der Waals surface area contributed by atoms with Crippen LogP contribution in [0.15, 0.2) is 73.0 Å². The van der Waals surface area contributed by atoms with Crippen molar-refractivity contribution in [3.63, 3.8) is 0 Å². The lowest BCUT2D eigenvalue weighted by Gasteiger charge is -2.12. The van der Waals surface area contributed by atoms with Crippen LogP contribution in [0, 0.1) is 0 Å². The first-order chi connectivity index (χ1) is 14.7. The van der Waals surface area contributed by atoms with Crippen LogP contribution < -0.4 is 11.5 Å². The Labute approximate surface area is 174 Å². The molecule has 1 aliphatic rings. The van der Waals surface area contributed by atoms with Crippen molar-refractivity contribution in [1.82, 2.24) is 19.5 Å². The Morgan fingerprint density at radius 1 is 0.967 bits per heavy atom. The van der Waals surface area contributed by atoms with E-state index >= 15 is 0 Å². The molecule has 1 aromatic carbocycles. The Morgan fingerprint density at radius 3 is 2.57 bits per heavy atom. The molecule has 3 aromatic heterocycles. The molecule has 6 nitrogen and oxygen atoms in total. The number of benzene rings is 1. The number of rotatable bonds is 4. The lowest BCUT2D eigenvalue weighted by Crippen LogP contribution is -2.03. The van der Waals surface area contributed by atoms with Gasteiger partial charge in [0.25, 0.3) is 0 Å². The minimum absolute atomic E-state index is 0.436. The number of hydrogen-bond donors (Lipinski definition) is 2. The lowest BCUT2D eigenvalue weighted by molar-refractivity contribution is 1.03. The van der Waals surface area contributed by atoms with E-state index in [2.05, 4.69) is 23.2 Å². The van der Waals surface area contributed by atoms with Crippen LogP contribution in [0.5, 0.6) is 0 Å². The summed E-state index contributed by atoms with van der Waals surface area (Å²) in [6.07, 6.45) is 10.3. The number of hydrogen-bond acceptors (Lipinski definition) is 5. The van der Waals surface area contributed by atoms with Crippen molar-refractivity contribution in [3.05, 3.63) is 84.2 Å². The minimum Gasteiger partial charge on any atom is -0.383 e. The average molecular weight is 394 g/mol. The van der Waals surface area contributed by atoms with E-state index in [0.29, 0.717) is 18.2 Å². The maximum atomic E-state index is 6.19. The van der Waals surface area contributed by atoms with Crippen molar-refractivity contribution in [2.24, 2.45) is 5.73 Å². The minimum atomic E-state index is 0.436. The Morgan fingerprint density at radius 2 is 1.83 bits per heavy atom. The molecule has 0 radical (unpaired) electrons. The van der Waals surface area contributed by atoms with E-state index in [-0.39, 0.29) is 0 Å². The van der Waals surface area contributed by atoms with Gasteiger partial charge in [-0.2, -0.15) is 0 Å². The van der Waals surface area contributed by atoms with Gasteiger partial charge in [0.1, 0.15) is 11.3 Å². The topological polar surface area (TPSA) is 95.6 Å². The van der Waals surface area contributed by atoms with Gasteiger partial charge in [-0.25, -0.2) is 15.0 Å². The molecule has 1 aliphatic carbocycles. The predicted octanol–water partition coefficient (Wildman–Crippen LogP) is 4.26. The standard InChI is InChI=1S/C24H22N6/c25-15-16-8-10-18(11-9-16)30-23(19-7-4-14-27-22(19)26)29-21-13-12-20(28-24(21)30)17-5-2-1-3-6-17/h2,4-14H,1,3,15,25H2,(H2,26,27). The third kappa shape index (κ3) is 3.17. The van der Waals surface area contributed by atoms with Gasteiger partial charge >= 0.3 is 0 Å². The second kappa shape index (κ2) is 7.57. The van der Waals surface area contributed by atoms with Crippen LogP contribution in [0.1, 0.15) is 24.1 Å². The maximum Gasteiger partial charge on any atom is 0.165 e. The average Bonchev–Trinajstić information content (AvgIpc) is 3.18. The number of allylic oxidation sites excluding steroid dienone is 4. The van der Waals surface area contributed by atoms with Gasteiger partial charge in [0, 0.05) is 18.4 Å². The van der Waals surface area contributed by atoms with Crippen molar-refractivity contribution < 1.29 is 0 Å². The molecule has 0 aliphatic heterocycles. The zero-order valence-corrected chi connectivity index (χ0v) is 16.5. The summed E-state index contributed by atoms with van der Waals surface area (Å²) in [6, 6.07) is 15.9. The van der Waals surface area contributed by atoms with Gasteiger partial charge < -0.3 is 11.5 Å². The molecule has 0 saturated carbocycles. The van der Waals surface area contributed by atoms with Crippen LogP contribution in [-0.4, -0.2) is 19.5 Å². The lowest BCUT2D eigenvalue weighted by atomic mass is 10.0. The van der Waals surface area contributed by atoms with E-state index in [1.807, 2.05) is 53.1 Å². The summed E-state index contributed by atoms with van der Waals surface area (Å²) in [7, 11) is 0. The fourth-order valence-corrected chi connectivity index (χ4v) is 3.73. The number of anilines is 1. The quantitative estimate of drug-likeness (QED) is 0.539. The molecule has 0 amide bonds. The van der Waals surface area contributed by atoms with Gasteiger partial charge in [-0.3, -0.25) is 4.57 Å². The molecular formula is C24H22N6. The molecule has 30 heavy (non-hydrogen) atoms. The van der Waals surface area contributed by atoms with Crippen LogP contribution in [0.25, 0.3) is 33.8 Å². The molecule has 0 spiro atoms. The number of imidazole rings is 1. The first-order valence-corrected chi connectivity index (χ1v) is 10.0. The molecule has 6 heteroatoms. The molecule has 3 heterocycles. The predicted molar refractivity (Wildman–Crippen MR) is 121 cm³/mol. The Balaban J connectivity index is 1.77. The third-order valence-corrected chi connectivity index (χ3v) is 5.30. The molecule has 0 fully saturated rings. The third-order valence-electron chi connectivity index (χ3n) is 5.30. The second-order valence-corrected chi connectivity index (χ2v) is 7.26. The van der Waals surface area contributed by atoms with E-state index in [9.17, 15) is 0 Å². The second-order valence-electron chi connectivity index (χ2n) is 7.26. The Bertz CT molecular complexity index is 1280. The Kier molecular flexibility index (Phi) is 4.61. The monoisotopic (exact) mass is 394 g/mol. The highest BCUT2D eigenvalue weighted by Crippen LogP contribution is 2.31. The summed E-state index contributed by atoms with van der Waals surface area (Å²) < 4.78 is 2.04. The number of nitrogens with zero attached hydrogens (tertiary/aromatic N) is 4. The molecule has 0 saturated heterocycles. The van der Waals surface area contributed by atoms with Crippen molar-refractivity contribution in [1.29, 1.82) is 0 Å². The first kappa shape index (κ1) is 18.3. The normalized spacial score (nSPS) is 13.6. The summed E-state index contributed by atoms with van der Waals surface area (Å²) >= 11 is 0. The summed E-state index contributed by atoms with van der Waals surface area (Å²) in [4.78, 5) is 14.1. The highest BCUT2D eigenvalue weighted by atomic mass is 15.1. The summed E-state index contributed by atoms with van der Waals surface area (Å²) in [6.45, 7) is 0.496. The van der Waals surface area contributed by atoms with Crippen LogP contribution >= 0.6 is 0 Å². The number of nitrogen functional groups attached to an aromatic ring is 1. The fraction of sp³-hybridized carbons (Fsp3) is 0.125. The van der Waals surface area contributed by atoms with Gasteiger partial charge in [0.05, 0.1) is 11.3 Å². The van der Waals surface area contributed by atoms with Gasteiger partial charge in [0.2, 0.25) is 0 Å². The highest BCUT2D eigenvalue weighted by Gasteiger charge is 2.18. The summed E-state index contributed by atoms with van der Waals surface area (Å²) in [5, 5.41) is 0. The van der Waals surface area contributed by atoms with E-state index < -0.39 is 0 Å². The molecule has 4 N–H and O–H groups in total. The van der Waals surface area contributed by atoms with E-state index in [0.717, 1.165) is 52.1 Å². The largest absolute Gasteiger partial charge is 0.383 e. The zero-order valence-electron chi connectivity index (χ0n) is 16.5. The van der Waals surface area contributed by atoms with E-state index in [1.165, 1.54) is 0 Å². The van der Waals surface area contributed by atoms with Crippen molar-refractivity contribution in [3.8, 4) is 17.1 Å². The van der Waals surface area contributed by atoms with Crippen LogP contribution in [0.4, 0.5) is 5.82 Å². The zero-order chi connectivity index (χ0) is 20.5. The molecule has 0 bridgehead atoms. The van der Waals surface area contributed by atoms with Crippen molar-refractivity contribution in [2.45, 2.75) is 19.4 Å². The smallest absolute Gasteiger partial charge is 0.165 e. The van der Waals surface area contributed by atoms with Crippen LogP contribution in [0.3, 0.4) is 0 Å². The number of fused-ring (bicyclic) bond motifs is 1. The molecule has 0 unspecified atom stereocenters. The molecule has 4 aromatic rings. The van der Waals surface area contributed by atoms with Crippen molar-refractivity contribution in [2.75, 3.05) is 5.73 Å². The van der Waals surface area contributed by atoms with Crippen LogP contribution in [-0.2, 0) is 6.54 Å². The SMILES string of the molecule is NCc1ccc(-n2c(-c3cccnc3N)nc3ccc(C4=CCCC=C4)nc32)cc1. The molecule has 148 valence electrons. The first-order valence-electron chi connectivity index (χ1n) is 10.0. The maximum absolute atomic E-state index is 6.19. The van der Waals surface area contributed by atoms with E-state index in [1.54, 1.807) is 6.20 Å². The number of pyridine rings is 2. The highest BCUT2D eigenvalue weighted by molar-refractivity contribution is 5.85. The fourth-order valence-electron chi connectivity index (χ4n) is 3.73. The number of aromatic nitrogens is 4. The van der Waals surface area contributed by atoms with Gasteiger partial charge in [-0.05, 0) is 60.4 Å². The van der Waals surface area contributed by atoms with Gasteiger partial charge in [0.15, 0.2) is 11.5 Å². The number of nitrogens with two attached hydrogens (primary N) is 2. The van der Waals surface area contributed by atoms with E-state index in [4.69, 9.17) is 21.4 Å².